The van der Waals surface area contributed by atoms with E-state index in [4.69, 9.17) is 4.74 Å². The van der Waals surface area contributed by atoms with Gasteiger partial charge in [-0.2, -0.15) is 0 Å². The molecule has 20 heavy (non-hydrogen) atoms. The van der Waals surface area contributed by atoms with Crippen molar-refractivity contribution in [1.82, 2.24) is 30.2 Å². The first-order chi connectivity index (χ1) is 9.88. The molecule has 0 radical (unpaired) electrons. The van der Waals surface area contributed by atoms with Crippen LogP contribution in [-0.4, -0.2) is 30.2 Å². The van der Waals surface area contributed by atoms with Crippen LogP contribution in [0.25, 0.3) is 16.6 Å². The number of benzene rings is 1. The Morgan fingerprint density at radius 2 is 2.00 bits per heavy atom. The molecular formula is C13H8N6O. The average Bonchev–Trinajstić information content (AvgIpc) is 2.95. The van der Waals surface area contributed by atoms with Gasteiger partial charge >= 0.3 is 0 Å². The maximum Gasteiger partial charge on any atom is 0.239 e. The minimum Gasteiger partial charge on any atom is -0.436 e. The number of rotatable bonds is 2. The Bertz CT molecular complexity index is 903. The zero-order chi connectivity index (χ0) is 13.4. The second-order valence-electron chi connectivity index (χ2n) is 4.16. The SMILES string of the molecule is c1ccc2ncc(Oc3ccc4nnnn4n3)cc2c1. The molecule has 0 N–H and O–H groups in total. The van der Waals surface area contributed by atoms with Crippen molar-refractivity contribution in [3.63, 3.8) is 0 Å². The summed E-state index contributed by atoms with van der Waals surface area (Å²) in [5, 5.41) is 16.2. The molecule has 7 heteroatoms. The highest BCUT2D eigenvalue weighted by molar-refractivity contribution is 5.79. The van der Waals surface area contributed by atoms with Crippen molar-refractivity contribution in [3.05, 3.63) is 48.7 Å². The smallest absolute Gasteiger partial charge is 0.239 e. The summed E-state index contributed by atoms with van der Waals surface area (Å²) in [6, 6.07) is 13.2. The Labute approximate surface area is 112 Å². The summed E-state index contributed by atoms with van der Waals surface area (Å²) in [7, 11) is 0. The number of aromatic nitrogens is 6. The van der Waals surface area contributed by atoms with Gasteiger partial charge in [-0.05, 0) is 28.6 Å². The van der Waals surface area contributed by atoms with Crippen molar-refractivity contribution >= 4 is 16.6 Å². The predicted octanol–water partition coefficient (Wildman–Crippen LogP) is 1.86. The zero-order valence-corrected chi connectivity index (χ0v) is 10.2. The van der Waals surface area contributed by atoms with E-state index in [1.54, 1.807) is 18.3 Å². The zero-order valence-electron chi connectivity index (χ0n) is 10.2. The number of nitrogens with zero attached hydrogens (tertiary/aromatic N) is 6. The van der Waals surface area contributed by atoms with Gasteiger partial charge in [0.15, 0.2) is 5.65 Å². The normalized spacial score (nSPS) is 11.0. The van der Waals surface area contributed by atoms with E-state index in [9.17, 15) is 0 Å². The van der Waals surface area contributed by atoms with Crippen LogP contribution < -0.4 is 4.74 Å². The fraction of sp³-hybridized carbons (Fsp3) is 0. The van der Waals surface area contributed by atoms with E-state index in [0.29, 0.717) is 17.3 Å². The average molecular weight is 264 g/mol. The van der Waals surface area contributed by atoms with Gasteiger partial charge in [-0.25, -0.2) is 0 Å². The van der Waals surface area contributed by atoms with Gasteiger partial charge in [0.2, 0.25) is 5.88 Å². The van der Waals surface area contributed by atoms with E-state index in [1.807, 2.05) is 30.3 Å². The summed E-state index contributed by atoms with van der Waals surface area (Å²) in [5.41, 5.74) is 1.48. The minimum absolute atomic E-state index is 0.405. The molecule has 0 fully saturated rings. The van der Waals surface area contributed by atoms with Gasteiger partial charge in [-0.1, -0.05) is 18.2 Å². The van der Waals surface area contributed by atoms with Crippen LogP contribution in [0.1, 0.15) is 0 Å². The van der Waals surface area contributed by atoms with Gasteiger partial charge in [-0.3, -0.25) is 4.98 Å². The molecule has 0 saturated heterocycles. The quantitative estimate of drug-likeness (QED) is 0.550. The van der Waals surface area contributed by atoms with E-state index in [1.165, 1.54) is 4.63 Å². The molecule has 4 aromatic rings. The number of hydrogen-bond donors (Lipinski definition) is 0. The van der Waals surface area contributed by atoms with Gasteiger partial charge in [0.1, 0.15) is 5.75 Å². The Morgan fingerprint density at radius 3 is 3.00 bits per heavy atom. The van der Waals surface area contributed by atoms with Crippen LogP contribution in [0.15, 0.2) is 48.7 Å². The van der Waals surface area contributed by atoms with Crippen molar-refractivity contribution < 1.29 is 4.74 Å². The van der Waals surface area contributed by atoms with Gasteiger partial charge in [0.25, 0.3) is 0 Å². The summed E-state index contributed by atoms with van der Waals surface area (Å²) < 4.78 is 6.98. The van der Waals surface area contributed by atoms with Crippen LogP contribution in [0.3, 0.4) is 0 Å². The molecule has 7 nitrogen and oxygen atoms in total. The number of fused-ring (bicyclic) bond motifs is 2. The largest absolute Gasteiger partial charge is 0.436 e. The highest BCUT2D eigenvalue weighted by Gasteiger charge is 2.04. The summed E-state index contributed by atoms with van der Waals surface area (Å²) >= 11 is 0. The number of ether oxygens (including phenoxy) is 1. The first-order valence-electron chi connectivity index (χ1n) is 5.96. The van der Waals surface area contributed by atoms with Crippen LogP contribution in [-0.2, 0) is 0 Å². The molecule has 96 valence electrons. The van der Waals surface area contributed by atoms with E-state index >= 15 is 0 Å². The molecule has 0 aliphatic heterocycles. The third-order valence-electron chi connectivity index (χ3n) is 2.83. The predicted molar refractivity (Wildman–Crippen MR) is 70.4 cm³/mol. The molecule has 0 aliphatic rings. The summed E-state index contributed by atoms with van der Waals surface area (Å²) in [5.74, 6) is 1.02. The monoisotopic (exact) mass is 264 g/mol. The van der Waals surface area contributed by atoms with E-state index in [-0.39, 0.29) is 0 Å². The summed E-state index contributed by atoms with van der Waals surface area (Å²) in [6.45, 7) is 0. The number of hydrogen-bond acceptors (Lipinski definition) is 6. The molecule has 0 spiro atoms. The van der Waals surface area contributed by atoms with Crippen molar-refractivity contribution in [3.8, 4) is 11.6 Å². The Balaban J connectivity index is 1.72. The number of tetrazole rings is 1. The third kappa shape index (κ3) is 1.81. The van der Waals surface area contributed by atoms with Gasteiger partial charge in [0, 0.05) is 11.5 Å². The lowest BCUT2D eigenvalue weighted by Gasteiger charge is -2.04. The van der Waals surface area contributed by atoms with Crippen LogP contribution >= 0.6 is 0 Å². The molecule has 0 unspecified atom stereocenters. The third-order valence-corrected chi connectivity index (χ3v) is 2.83. The molecule has 0 saturated carbocycles. The van der Waals surface area contributed by atoms with E-state index in [0.717, 1.165) is 10.9 Å². The lowest BCUT2D eigenvalue weighted by molar-refractivity contribution is 0.446. The number of pyridine rings is 1. The summed E-state index contributed by atoms with van der Waals surface area (Å²) in [4.78, 5) is 4.33. The second kappa shape index (κ2) is 4.23. The number of para-hydroxylation sites is 1. The topological polar surface area (TPSA) is 78.1 Å². The van der Waals surface area contributed by atoms with Crippen molar-refractivity contribution in [2.75, 3.05) is 0 Å². The highest BCUT2D eigenvalue weighted by Crippen LogP contribution is 2.22. The molecule has 1 aromatic carbocycles. The molecular weight excluding hydrogens is 256 g/mol. The molecule has 0 atom stereocenters. The lowest BCUT2D eigenvalue weighted by atomic mass is 10.2. The van der Waals surface area contributed by atoms with Gasteiger partial charge in [-0.15, -0.1) is 14.8 Å². The maximum absolute atomic E-state index is 5.67. The van der Waals surface area contributed by atoms with E-state index < -0.39 is 0 Å². The van der Waals surface area contributed by atoms with Crippen LogP contribution in [0.2, 0.25) is 0 Å². The molecule has 0 bridgehead atoms. The van der Waals surface area contributed by atoms with Gasteiger partial charge < -0.3 is 4.74 Å². The van der Waals surface area contributed by atoms with Crippen molar-refractivity contribution in [2.45, 2.75) is 0 Å². The van der Waals surface area contributed by atoms with Gasteiger partial charge in [0.05, 0.1) is 11.7 Å². The maximum atomic E-state index is 5.67. The molecule has 4 rings (SSSR count). The first kappa shape index (κ1) is 10.8. The minimum atomic E-state index is 0.405. The van der Waals surface area contributed by atoms with Crippen molar-refractivity contribution in [1.29, 1.82) is 0 Å². The van der Waals surface area contributed by atoms with Crippen LogP contribution in [0.4, 0.5) is 0 Å². The molecule has 3 heterocycles. The first-order valence-corrected chi connectivity index (χ1v) is 5.96. The Morgan fingerprint density at radius 1 is 1.05 bits per heavy atom. The molecule has 0 amide bonds. The Kier molecular flexibility index (Phi) is 2.28. The Hall–Kier alpha value is -3.09. The second-order valence-corrected chi connectivity index (χ2v) is 4.16. The highest BCUT2D eigenvalue weighted by atomic mass is 16.5. The molecule has 0 aliphatic carbocycles. The lowest BCUT2D eigenvalue weighted by Crippen LogP contribution is -1.97. The summed E-state index contributed by atoms with van der Waals surface area (Å²) in [6.07, 6.45) is 1.66. The standard InChI is InChI=1S/C13H8N6O/c1-2-4-11-9(3-1)7-10(8-14-11)20-13-6-5-12-15-17-18-19(12)16-13/h1-8H. The van der Waals surface area contributed by atoms with E-state index in [2.05, 4.69) is 25.6 Å². The fourth-order valence-electron chi connectivity index (χ4n) is 1.92. The van der Waals surface area contributed by atoms with Crippen LogP contribution in [0.5, 0.6) is 11.6 Å². The fourth-order valence-corrected chi connectivity index (χ4v) is 1.92. The molecule has 3 aromatic heterocycles. The van der Waals surface area contributed by atoms with Crippen LogP contribution in [0, 0.1) is 0 Å². The van der Waals surface area contributed by atoms with Crippen molar-refractivity contribution in [2.24, 2.45) is 0 Å².